The van der Waals surface area contributed by atoms with Crippen LogP contribution in [0.1, 0.15) is 30.4 Å². The normalized spacial score (nSPS) is 16.9. The Morgan fingerprint density at radius 3 is 2.47 bits per heavy atom. The zero-order valence-corrected chi connectivity index (χ0v) is 22.2. The summed E-state index contributed by atoms with van der Waals surface area (Å²) in [7, 11) is 2.44. The number of aliphatic imine (C=N–C) groups is 1. The second kappa shape index (κ2) is 13.7. The van der Waals surface area contributed by atoms with Gasteiger partial charge in [0.25, 0.3) is 0 Å². The van der Waals surface area contributed by atoms with Crippen molar-refractivity contribution in [2.45, 2.75) is 25.0 Å². The van der Waals surface area contributed by atoms with Crippen LogP contribution in [0.3, 0.4) is 0 Å². The van der Waals surface area contributed by atoms with E-state index >= 15 is 0 Å². The molecule has 2 aromatic rings. The summed E-state index contributed by atoms with van der Waals surface area (Å²) in [5, 5.41) is 3.39. The van der Waals surface area contributed by atoms with Crippen molar-refractivity contribution in [1.29, 1.82) is 0 Å². The van der Waals surface area contributed by atoms with E-state index in [-0.39, 0.29) is 24.0 Å². The second-order valence-electron chi connectivity index (χ2n) is 7.59. The maximum absolute atomic E-state index is 12.4. The van der Waals surface area contributed by atoms with Crippen LogP contribution in [-0.2, 0) is 16.6 Å². The first-order chi connectivity index (χ1) is 15.1. The molecule has 0 aromatic heterocycles. The van der Waals surface area contributed by atoms with E-state index in [0.29, 0.717) is 24.0 Å². The largest absolute Gasteiger partial charge is 0.497 e. The van der Waals surface area contributed by atoms with Crippen molar-refractivity contribution in [3.63, 3.8) is 0 Å². The molecule has 2 unspecified atom stereocenters. The molecule has 0 bridgehead atoms. The number of guanidine groups is 1. The van der Waals surface area contributed by atoms with Crippen molar-refractivity contribution in [2.75, 3.05) is 46.2 Å². The molecule has 1 heterocycles. The van der Waals surface area contributed by atoms with Crippen molar-refractivity contribution in [3.8, 4) is 11.5 Å². The topological polar surface area (TPSA) is 63.2 Å². The maximum atomic E-state index is 12.4. The Labute approximate surface area is 211 Å². The molecule has 1 N–H and O–H groups in total. The number of benzene rings is 2. The fraction of sp³-hybridized carbons (Fsp3) is 0.458. The first-order valence-electron chi connectivity index (χ1n) is 10.8. The molecule has 0 spiro atoms. The molecule has 32 heavy (non-hydrogen) atoms. The number of rotatable bonds is 9. The lowest BCUT2D eigenvalue weighted by Gasteiger charge is -2.22. The fourth-order valence-corrected chi connectivity index (χ4v) is 4.80. The molecule has 1 aliphatic heterocycles. The first-order valence-corrected chi connectivity index (χ1v) is 12.3. The predicted octanol–water partition coefficient (Wildman–Crippen LogP) is 4.03. The Hall–Kier alpha value is -1.81. The van der Waals surface area contributed by atoms with Crippen molar-refractivity contribution in [1.82, 2.24) is 10.2 Å². The van der Waals surface area contributed by atoms with Gasteiger partial charge in [0, 0.05) is 53.9 Å². The van der Waals surface area contributed by atoms with Crippen LogP contribution in [0.15, 0.2) is 53.5 Å². The number of nitrogens with one attached hydrogen (secondary N) is 1. The Balaban J connectivity index is 0.00000363. The Morgan fingerprint density at radius 1 is 1.16 bits per heavy atom. The number of hydrogen-bond donors (Lipinski definition) is 1. The number of nitrogens with zero attached hydrogens (tertiary/aromatic N) is 2. The number of hydrogen-bond acceptors (Lipinski definition) is 4. The van der Waals surface area contributed by atoms with E-state index in [4.69, 9.17) is 14.5 Å². The van der Waals surface area contributed by atoms with Gasteiger partial charge >= 0.3 is 0 Å². The van der Waals surface area contributed by atoms with Gasteiger partial charge in [-0.2, -0.15) is 0 Å². The van der Waals surface area contributed by atoms with Gasteiger partial charge in [0.15, 0.2) is 5.96 Å². The molecule has 3 rings (SSSR count). The molecule has 1 saturated heterocycles. The molecular formula is C24H34IN3O3S. The third kappa shape index (κ3) is 7.65. The van der Waals surface area contributed by atoms with E-state index in [9.17, 15) is 4.21 Å². The lowest BCUT2D eigenvalue weighted by Crippen LogP contribution is -2.40. The van der Waals surface area contributed by atoms with Gasteiger partial charge in [0.1, 0.15) is 11.5 Å². The van der Waals surface area contributed by atoms with Gasteiger partial charge in [-0.05, 0) is 36.6 Å². The minimum atomic E-state index is -0.918. The maximum Gasteiger partial charge on any atom is 0.193 e. The molecule has 2 atom stereocenters. The van der Waals surface area contributed by atoms with E-state index in [1.54, 1.807) is 14.2 Å². The highest BCUT2D eigenvalue weighted by Gasteiger charge is 2.27. The molecule has 1 fully saturated rings. The molecule has 6 nitrogen and oxygen atoms in total. The third-order valence-corrected chi connectivity index (χ3v) is 6.71. The molecule has 0 aliphatic carbocycles. The summed E-state index contributed by atoms with van der Waals surface area (Å²) in [4.78, 5) is 7.05. The van der Waals surface area contributed by atoms with Crippen LogP contribution in [-0.4, -0.2) is 61.2 Å². The molecule has 0 radical (unpaired) electrons. The smallest absolute Gasteiger partial charge is 0.193 e. The summed E-state index contributed by atoms with van der Waals surface area (Å²) in [5.41, 5.74) is 2.33. The Bertz CT molecular complexity index is 873. The highest BCUT2D eigenvalue weighted by molar-refractivity contribution is 14.0. The zero-order chi connectivity index (χ0) is 22.1. The SMILES string of the molecule is CCNC(=NCCS(=O)Cc1ccccc1)N1CCC(c2cc(OC)cc(OC)c2)C1.I. The summed E-state index contributed by atoms with van der Waals surface area (Å²) in [6.07, 6.45) is 1.04. The molecule has 0 saturated carbocycles. The van der Waals surface area contributed by atoms with Crippen molar-refractivity contribution in [2.24, 2.45) is 4.99 Å². The van der Waals surface area contributed by atoms with Crippen LogP contribution in [0.5, 0.6) is 11.5 Å². The first kappa shape index (κ1) is 26.4. The van der Waals surface area contributed by atoms with Gasteiger partial charge in [-0.25, -0.2) is 0 Å². The standard InChI is InChI=1S/C24H33N3O3S.HI/c1-4-25-24(26-11-13-31(28)18-19-8-6-5-7-9-19)27-12-10-20(17-27)21-14-22(29-2)16-23(15-21)30-3;/h5-9,14-16,20H,4,10-13,17-18H2,1-3H3,(H,25,26);1H. The summed E-state index contributed by atoms with van der Waals surface area (Å²) < 4.78 is 23.3. The number of likely N-dealkylation sites (tertiary alicyclic amines) is 1. The molecule has 176 valence electrons. The fourth-order valence-electron chi connectivity index (χ4n) is 3.80. The lowest BCUT2D eigenvalue weighted by molar-refractivity contribution is 0.392. The van der Waals surface area contributed by atoms with E-state index in [1.165, 1.54) is 5.56 Å². The van der Waals surface area contributed by atoms with Crippen LogP contribution in [0, 0.1) is 0 Å². The zero-order valence-electron chi connectivity index (χ0n) is 19.1. The minimum Gasteiger partial charge on any atom is -0.497 e. The summed E-state index contributed by atoms with van der Waals surface area (Å²) in [5.74, 6) is 4.06. The average molecular weight is 572 g/mol. The van der Waals surface area contributed by atoms with E-state index in [2.05, 4.69) is 29.3 Å². The molecule has 2 aromatic carbocycles. The van der Waals surface area contributed by atoms with Crippen molar-refractivity contribution in [3.05, 3.63) is 59.7 Å². The van der Waals surface area contributed by atoms with E-state index in [1.807, 2.05) is 36.4 Å². The van der Waals surface area contributed by atoms with Gasteiger partial charge < -0.3 is 19.7 Å². The Kier molecular flexibility index (Phi) is 11.3. The molecular weight excluding hydrogens is 537 g/mol. The van der Waals surface area contributed by atoms with Gasteiger partial charge in [-0.1, -0.05) is 30.3 Å². The quantitative estimate of drug-likeness (QED) is 0.280. The summed E-state index contributed by atoms with van der Waals surface area (Å²) >= 11 is 0. The monoisotopic (exact) mass is 571 g/mol. The highest BCUT2D eigenvalue weighted by atomic mass is 127. The van der Waals surface area contributed by atoms with Crippen molar-refractivity contribution >= 4 is 40.7 Å². The third-order valence-electron chi connectivity index (χ3n) is 5.42. The van der Waals surface area contributed by atoms with Gasteiger partial charge in [0.05, 0.1) is 20.8 Å². The van der Waals surface area contributed by atoms with E-state index < -0.39 is 10.8 Å². The predicted molar refractivity (Wildman–Crippen MR) is 143 cm³/mol. The van der Waals surface area contributed by atoms with Crippen LogP contribution in [0.4, 0.5) is 0 Å². The van der Waals surface area contributed by atoms with Gasteiger partial charge in [0.2, 0.25) is 0 Å². The number of ether oxygens (including phenoxy) is 2. The van der Waals surface area contributed by atoms with Crippen LogP contribution >= 0.6 is 24.0 Å². The number of halogens is 1. The number of methoxy groups -OCH3 is 2. The Morgan fingerprint density at radius 2 is 1.84 bits per heavy atom. The van der Waals surface area contributed by atoms with Gasteiger partial charge in [-0.15, -0.1) is 24.0 Å². The average Bonchev–Trinajstić information content (AvgIpc) is 3.29. The second-order valence-corrected chi connectivity index (χ2v) is 9.16. The van der Waals surface area contributed by atoms with Crippen LogP contribution < -0.4 is 14.8 Å². The lowest BCUT2D eigenvalue weighted by atomic mass is 9.98. The molecule has 8 heteroatoms. The molecule has 0 amide bonds. The summed E-state index contributed by atoms with van der Waals surface area (Å²) in [6, 6.07) is 16.1. The molecule has 1 aliphatic rings. The van der Waals surface area contributed by atoms with E-state index in [0.717, 1.165) is 49.1 Å². The van der Waals surface area contributed by atoms with Crippen LogP contribution in [0.25, 0.3) is 0 Å². The van der Waals surface area contributed by atoms with Gasteiger partial charge in [-0.3, -0.25) is 9.20 Å². The van der Waals surface area contributed by atoms with Crippen LogP contribution in [0.2, 0.25) is 0 Å². The summed E-state index contributed by atoms with van der Waals surface area (Å²) in [6.45, 7) is 5.25. The highest BCUT2D eigenvalue weighted by Crippen LogP contribution is 2.32. The van der Waals surface area contributed by atoms with Crippen molar-refractivity contribution < 1.29 is 13.7 Å². The minimum absolute atomic E-state index is 0.